The Morgan fingerprint density at radius 1 is 1.30 bits per heavy atom. The second-order valence-electron chi connectivity index (χ2n) is 7.53. The van der Waals surface area contributed by atoms with Crippen LogP contribution in [0.5, 0.6) is 5.88 Å². The summed E-state index contributed by atoms with van der Waals surface area (Å²) in [6.45, 7) is 1.79. The highest BCUT2D eigenvalue weighted by Crippen LogP contribution is 2.30. The van der Waals surface area contributed by atoms with Gasteiger partial charge in [0.2, 0.25) is 0 Å². The Morgan fingerprint density at radius 3 is 3.10 bits per heavy atom. The number of ether oxygens (including phenoxy) is 1. The number of hydrogen-bond donors (Lipinski definition) is 2. The molecule has 5 rings (SSSR count). The fourth-order valence-corrected chi connectivity index (χ4v) is 3.84. The minimum absolute atomic E-state index is 0.0157. The van der Waals surface area contributed by atoms with Crippen molar-refractivity contribution >= 4 is 17.0 Å². The van der Waals surface area contributed by atoms with E-state index in [0.717, 1.165) is 25.1 Å². The van der Waals surface area contributed by atoms with Gasteiger partial charge in [-0.15, -0.1) is 0 Å². The lowest BCUT2D eigenvalue weighted by Gasteiger charge is -2.27. The topological polar surface area (TPSA) is 106 Å². The lowest BCUT2D eigenvalue weighted by molar-refractivity contribution is 0.296. The third-order valence-electron chi connectivity index (χ3n) is 5.40. The number of likely N-dealkylation sites (N-methyl/N-ethyl adjacent to an activating group) is 1. The number of nitrogens with one attached hydrogen (secondary N) is 1. The van der Waals surface area contributed by atoms with E-state index in [2.05, 4.69) is 55.9 Å². The first-order valence-electron chi connectivity index (χ1n) is 10.7. The fraction of sp³-hybridized carbons (Fsp3) is 0.273. The van der Waals surface area contributed by atoms with Crippen LogP contribution in [0.3, 0.4) is 0 Å². The lowest BCUT2D eigenvalue weighted by Crippen LogP contribution is -2.27. The van der Waals surface area contributed by atoms with Gasteiger partial charge in [-0.25, -0.2) is 19.9 Å². The van der Waals surface area contributed by atoms with E-state index in [0.29, 0.717) is 16.9 Å². The van der Waals surface area contributed by atoms with Crippen LogP contribution in [-0.4, -0.2) is 43.4 Å². The highest BCUT2D eigenvalue weighted by atomic mass is 16.5. The third kappa shape index (κ3) is 3.35. The van der Waals surface area contributed by atoms with Crippen molar-refractivity contribution in [1.82, 2.24) is 29.8 Å². The van der Waals surface area contributed by atoms with Gasteiger partial charge in [-0.3, -0.25) is 0 Å². The Hall–Kier alpha value is -3.52. The van der Waals surface area contributed by atoms with Gasteiger partial charge < -0.3 is 20.4 Å². The molecular formula is C22H23N7O. The number of H-pyrrole nitrogens is 1. The summed E-state index contributed by atoms with van der Waals surface area (Å²) in [6, 6.07) is 5.74. The molecule has 8 nitrogen and oxygen atoms in total. The molecule has 1 aliphatic heterocycles. The first-order chi connectivity index (χ1) is 15.3. The molecule has 0 bridgehead atoms. The standard InChI is InChI=1S/C22H23N7O/c1-13-7-15(8-16-10-29(2)6-4-17(13)16)18-9-25-20(23)22(28-18)30-11-14-3-5-24-21-19(14)26-12-27-21/h3,5,7-9,12H,4,6,10-11H2,1-2H3,(H2,23,25)(H,24,26,27)/i11D2. The number of benzene rings is 1. The van der Waals surface area contributed by atoms with E-state index in [1.165, 1.54) is 35.3 Å². The molecular weight excluding hydrogens is 378 g/mol. The number of fused-ring (bicyclic) bond motifs is 2. The van der Waals surface area contributed by atoms with Crippen LogP contribution in [0, 0.1) is 6.92 Å². The van der Waals surface area contributed by atoms with Crippen LogP contribution in [-0.2, 0) is 19.5 Å². The zero-order chi connectivity index (χ0) is 22.5. The molecule has 3 aromatic heterocycles. The van der Waals surface area contributed by atoms with E-state index in [1.54, 1.807) is 6.20 Å². The first-order valence-corrected chi connectivity index (χ1v) is 9.73. The highest BCUT2D eigenvalue weighted by Gasteiger charge is 2.18. The average molecular weight is 403 g/mol. The largest absolute Gasteiger partial charge is 0.470 e. The van der Waals surface area contributed by atoms with Crippen LogP contribution in [0.25, 0.3) is 22.4 Å². The SMILES string of the molecule is [2H]C([2H])(Oc1nc(-c2cc(C)c3c(c2)CN(C)CC3)cnc1N)c1ccnc2nc[nH]c12. The Kier molecular flexibility index (Phi) is 4.01. The summed E-state index contributed by atoms with van der Waals surface area (Å²) >= 11 is 0. The Balaban J connectivity index is 1.52. The minimum Gasteiger partial charge on any atom is -0.470 e. The third-order valence-corrected chi connectivity index (χ3v) is 5.40. The van der Waals surface area contributed by atoms with Crippen molar-refractivity contribution in [2.75, 3.05) is 19.3 Å². The van der Waals surface area contributed by atoms with Crippen molar-refractivity contribution in [3.8, 4) is 17.1 Å². The number of imidazole rings is 1. The van der Waals surface area contributed by atoms with Crippen molar-refractivity contribution in [3.05, 3.63) is 59.2 Å². The quantitative estimate of drug-likeness (QED) is 0.540. The molecule has 0 saturated carbocycles. The van der Waals surface area contributed by atoms with Gasteiger partial charge in [-0.05, 0) is 55.3 Å². The smallest absolute Gasteiger partial charge is 0.258 e. The van der Waals surface area contributed by atoms with Crippen molar-refractivity contribution in [1.29, 1.82) is 0 Å². The van der Waals surface area contributed by atoms with Crippen LogP contribution in [0.4, 0.5) is 5.82 Å². The maximum atomic E-state index is 8.52. The number of nitrogens with two attached hydrogens (primary N) is 1. The number of rotatable bonds is 4. The Morgan fingerprint density at radius 2 is 2.20 bits per heavy atom. The first kappa shape index (κ1) is 16.3. The predicted octanol–water partition coefficient (Wildman–Crippen LogP) is 2.87. The van der Waals surface area contributed by atoms with Crippen LogP contribution in [0.2, 0.25) is 0 Å². The highest BCUT2D eigenvalue weighted by molar-refractivity contribution is 5.73. The van der Waals surface area contributed by atoms with E-state index in [-0.39, 0.29) is 17.3 Å². The van der Waals surface area contributed by atoms with Gasteiger partial charge in [-0.1, -0.05) is 0 Å². The maximum absolute atomic E-state index is 8.52. The molecule has 30 heavy (non-hydrogen) atoms. The summed E-state index contributed by atoms with van der Waals surface area (Å²) < 4.78 is 22.7. The number of hydrogen-bond acceptors (Lipinski definition) is 7. The fourth-order valence-electron chi connectivity index (χ4n) is 3.84. The monoisotopic (exact) mass is 403 g/mol. The summed E-state index contributed by atoms with van der Waals surface area (Å²) in [6.07, 6.45) is 5.55. The van der Waals surface area contributed by atoms with Crippen molar-refractivity contribution in [2.45, 2.75) is 26.4 Å². The molecule has 1 aromatic carbocycles. The van der Waals surface area contributed by atoms with Gasteiger partial charge in [0.1, 0.15) is 6.56 Å². The molecule has 0 aliphatic carbocycles. The second kappa shape index (κ2) is 7.38. The molecule has 4 heterocycles. The van der Waals surface area contributed by atoms with Gasteiger partial charge in [0.05, 0.1) is 26.5 Å². The average Bonchev–Trinajstić information content (AvgIpc) is 3.23. The number of nitrogens with zero attached hydrogens (tertiary/aromatic N) is 5. The van der Waals surface area contributed by atoms with Crippen LogP contribution < -0.4 is 10.5 Å². The van der Waals surface area contributed by atoms with Crippen LogP contribution >= 0.6 is 0 Å². The predicted molar refractivity (Wildman–Crippen MR) is 115 cm³/mol. The number of nitrogen functional groups attached to an aromatic ring is 1. The number of aromatic amines is 1. The minimum atomic E-state index is -2.23. The molecule has 3 N–H and O–H groups in total. The van der Waals surface area contributed by atoms with Crippen molar-refractivity contribution < 1.29 is 7.48 Å². The van der Waals surface area contributed by atoms with Crippen LogP contribution in [0.1, 0.15) is 25.0 Å². The molecule has 0 atom stereocenters. The molecule has 0 saturated heterocycles. The molecule has 8 heteroatoms. The van der Waals surface area contributed by atoms with E-state index >= 15 is 0 Å². The van der Waals surface area contributed by atoms with Crippen molar-refractivity contribution in [3.63, 3.8) is 0 Å². The molecule has 0 radical (unpaired) electrons. The molecule has 0 unspecified atom stereocenters. The van der Waals surface area contributed by atoms with Gasteiger partial charge in [0.15, 0.2) is 11.5 Å². The summed E-state index contributed by atoms with van der Waals surface area (Å²) in [5, 5.41) is 0. The lowest BCUT2D eigenvalue weighted by atomic mass is 9.92. The molecule has 152 valence electrons. The number of aryl methyl sites for hydroxylation is 1. The summed E-state index contributed by atoms with van der Waals surface area (Å²) in [5.74, 6) is -0.0496. The summed E-state index contributed by atoms with van der Waals surface area (Å²) in [5.41, 5.74) is 12.4. The summed E-state index contributed by atoms with van der Waals surface area (Å²) in [7, 11) is 2.11. The Labute approximate surface area is 177 Å². The number of pyridine rings is 1. The molecule has 0 fully saturated rings. The van der Waals surface area contributed by atoms with E-state index in [1.807, 2.05) is 0 Å². The normalized spacial score (nSPS) is 15.5. The molecule has 0 amide bonds. The van der Waals surface area contributed by atoms with Gasteiger partial charge >= 0.3 is 0 Å². The van der Waals surface area contributed by atoms with E-state index in [4.69, 9.17) is 13.2 Å². The molecule has 1 aliphatic rings. The zero-order valence-corrected chi connectivity index (χ0v) is 16.8. The number of aromatic nitrogens is 5. The molecule has 4 aromatic rings. The Bertz CT molecular complexity index is 1320. The van der Waals surface area contributed by atoms with Gasteiger partial charge in [0, 0.05) is 30.4 Å². The van der Waals surface area contributed by atoms with E-state index < -0.39 is 6.56 Å². The molecule has 0 spiro atoms. The second-order valence-corrected chi connectivity index (χ2v) is 7.53. The summed E-state index contributed by atoms with van der Waals surface area (Å²) in [4.78, 5) is 22.1. The van der Waals surface area contributed by atoms with E-state index in [9.17, 15) is 0 Å². The number of anilines is 1. The van der Waals surface area contributed by atoms with Crippen molar-refractivity contribution in [2.24, 2.45) is 0 Å². The maximum Gasteiger partial charge on any atom is 0.258 e. The zero-order valence-electron chi connectivity index (χ0n) is 18.8. The van der Waals surface area contributed by atoms with Gasteiger partial charge in [-0.2, -0.15) is 0 Å². The van der Waals surface area contributed by atoms with Gasteiger partial charge in [0.25, 0.3) is 5.88 Å². The van der Waals surface area contributed by atoms with Crippen LogP contribution in [0.15, 0.2) is 36.9 Å².